The molecule has 3 rings (SSSR count). The number of imidazole rings is 1. The Morgan fingerprint density at radius 2 is 1.89 bits per heavy atom. The highest BCUT2D eigenvalue weighted by Crippen LogP contribution is 2.38. The quantitative estimate of drug-likeness (QED) is 0.400. The van der Waals surface area contributed by atoms with Crippen molar-refractivity contribution >= 4 is 29.1 Å². The molecule has 5 atom stereocenters. The summed E-state index contributed by atoms with van der Waals surface area (Å²) in [5.41, 5.74) is 4.02. The van der Waals surface area contributed by atoms with E-state index in [1.54, 1.807) is 6.92 Å². The molecule has 1 aliphatic heterocycles. The van der Waals surface area contributed by atoms with Crippen LogP contribution in [0.4, 0.5) is 23.5 Å². The first-order chi connectivity index (χ1) is 16.8. The second-order valence-electron chi connectivity index (χ2n) is 8.00. The number of fused-ring (bicyclic) bond motifs is 1. The first-order valence-corrected chi connectivity index (χ1v) is 10.8. The summed E-state index contributed by atoms with van der Waals surface area (Å²) < 4.78 is 77.0. The van der Waals surface area contributed by atoms with Gasteiger partial charge in [0, 0.05) is 20.4 Å². The number of anilines is 1. The smallest absolute Gasteiger partial charge is 0.390 e. The number of aromatic nitrogens is 4. The number of carbonyl (C=O) groups excluding carboxylic acids is 2. The lowest BCUT2D eigenvalue weighted by atomic mass is 10.0. The number of halogens is 4. The molecule has 12 nitrogen and oxygen atoms in total. The molecule has 200 valence electrons. The van der Waals surface area contributed by atoms with Crippen LogP contribution in [0, 0.1) is 0 Å². The number of nitrogens with two attached hydrogens (primary N) is 1. The zero-order valence-electron chi connectivity index (χ0n) is 19.7. The van der Waals surface area contributed by atoms with E-state index in [1.807, 2.05) is 0 Å². The highest BCUT2D eigenvalue weighted by atomic mass is 19.4. The maximum absolute atomic E-state index is 15.6. The van der Waals surface area contributed by atoms with Crippen molar-refractivity contribution in [2.24, 2.45) is 0 Å². The molecule has 16 heteroatoms. The number of carbonyl (C=O) groups is 2. The zero-order chi connectivity index (χ0) is 26.9. The molecule has 2 aromatic heterocycles. The van der Waals surface area contributed by atoms with Gasteiger partial charge in [0.15, 0.2) is 29.7 Å². The van der Waals surface area contributed by atoms with E-state index in [1.165, 1.54) is 0 Å². The number of ether oxygens (including phenoxy) is 4. The molecule has 0 radical (unpaired) electrons. The van der Waals surface area contributed by atoms with E-state index in [0.29, 0.717) is 4.57 Å². The van der Waals surface area contributed by atoms with Gasteiger partial charge in [-0.2, -0.15) is 23.1 Å². The van der Waals surface area contributed by atoms with Crippen LogP contribution in [0.2, 0.25) is 0 Å². The summed E-state index contributed by atoms with van der Waals surface area (Å²) >= 11 is 0. The Labute approximate surface area is 201 Å². The summed E-state index contributed by atoms with van der Waals surface area (Å²) in [6.07, 6.45) is -14.0. The van der Waals surface area contributed by atoms with Gasteiger partial charge >= 0.3 is 23.8 Å². The van der Waals surface area contributed by atoms with Crippen molar-refractivity contribution < 1.29 is 46.1 Å². The average Bonchev–Trinajstić information content (AvgIpc) is 3.22. The molecule has 3 heterocycles. The third-order valence-electron chi connectivity index (χ3n) is 5.45. The molecule has 0 amide bonds. The van der Waals surface area contributed by atoms with E-state index in [9.17, 15) is 27.6 Å². The van der Waals surface area contributed by atoms with Crippen LogP contribution in [-0.2, 0) is 30.3 Å². The Balaban J connectivity index is 2.22. The summed E-state index contributed by atoms with van der Waals surface area (Å²) in [7, 11) is 1.16. The average molecular weight is 523 g/mol. The number of methoxy groups -OCH3 is 1. The Morgan fingerprint density at radius 1 is 1.22 bits per heavy atom. The number of alkyl halides is 4. The van der Waals surface area contributed by atoms with Crippen molar-refractivity contribution in [2.45, 2.75) is 77.0 Å². The number of hydrogen-bond acceptors (Lipinski definition) is 10. The van der Waals surface area contributed by atoms with Gasteiger partial charge in [0.2, 0.25) is 11.8 Å². The Morgan fingerprint density at radius 3 is 2.42 bits per heavy atom. The predicted molar refractivity (Wildman–Crippen MR) is 114 cm³/mol. The molecule has 0 unspecified atom stereocenters. The van der Waals surface area contributed by atoms with E-state index in [-0.39, 0.29) is 23.5 Å². The number of nitrogens with zero attached hydrogens (tertiary/aromatic N) is 4. The van der Waals surface area contributed by atoms with Gasteiger partial charge in [0.25, 0.3) is 0 Å². The summed E-state index contributed by atoms with van der Waals surface area (Å²) in [6.45, 7) is 2.84. The number of nitrogen functional groups attached to an aromatic ring is 1. The van der Waals surface area contributed by atoms with Crippen LogP contribution in [0.1, 0.15) is 39.8 Å². The number of esters is 2. The third kappa shape index (κ3) is 5.37. The van der Waals surface area contributed by atoms with Gasteiger partial charge < -0.3 is 24.7 Å². The molecular weight excluding hydrogens is 498 g/mol. The van der Waals surface area contributed by atoms with Crippen LogP contribution in [0.3, 0.4) is 0 Å². The van der Waals surface area contributed by atoms with Gasteiger partial charge in [0.1, 0.15) is 12.2 Å². The van der Waals surface area contributed by atoms with Crippen molar-refractivity contribution in [1.29, 1.82) is 0 Å². The molecule has 0 saturated carbocycles. The lowest BCUT2D eigenvalue weighted by molar-refractivity contribution is -0.159. The van der Waals surface area contributed by atoms with E-state index >= 15 is 4.39 Å². The SMILES string of the molecule is CC[C@H](OC(C)=O)[C@H]1O[C@@H](n2c(=O)n(CCC(F)(F)F)c3c(OC)nc(N)nc32)[C@H](OC(C)=O)[C@H]1F. The van der Waals surface area contributed by atoms with Crippen LogP contribution in [0.15, 0.2) is 4.79 Å². The van der Waals surface area contributed by atoms with E-state index in [4.69, 9.17) is 24.7 Å². The largest absolute Gasteiger partial charge is 0.479 e. The molecule has 0 aliphatic carbocycles. The maximum atomic E-state index is 15.6. The molecule has 1 fully saturated rings. The van der Waals surface area contributed by atoms with Crippen LogP contribution in [0.5, 0.6) is 5.88 Å². The fraction of sp³-hybridized carbons (Fsp3) is 0.650. The number of rotatable bonds is 8. The van der Waals surface area contributed by atoms with Crippen molar-refractivity contribution in [3.8, 4) is 5.88 Å². The predicted octanol–water partition coefficient (Wildman–Crippen LogP) is 1.65. The molecular formula is C20H25F4N5O7. The van der Waals surface area contributed by atoms with Gasteiger partial charge in [-0.25, -0.2) is 13.8 Å². The van der Waals surface area contributed by atoms with Crippen molar-refractivity contribution in [2.75, 3.05) is 12.8 Å². The van der Waals surface area contributed by atoms with Gasteiger partial charge in [-0.1, -0.05) is 6.92 Å². The lowest BCUT2D eigenvalue weighted by Crippen LogP contribution is -2.40. The summed E-state index contributed by atoms with van der Waals surface area (Å²) in [5, 5.41) is 0. The van der Waals surface area contributed by atoms with E-state index in [0.717, 1.165) is 25.5 Å². The fourth-order valence-electron chi connectivity index (χ4n) is 4.05. The lowest BCUT2D eigenvalue weighted by Gasteiger charge is -2.23. The second kappa shape index (κ2) is 10.3. The number of hydrogen-bond donors (Lipinski definition) is 1. The topological polar surface area (TPSA) is 150 Å². The molecule has 0 aromatic carbocycles. The van der Waals surface area contributed by atoms with Crippen LogP contribution in [-0.4, -0.2) is 68.8 Å². The summed E-state index contributed by atoms with van der Waals surface area (Å²) in [4.78, 5) is 44.4. The van der Waals surface area contributed by atoms with E-state index in [2.05, 4.69) is 9.97 Å². The summed E-state index contributed by atoms with van der Waals surface area (Å²) in [5.74, 6) is -2.35. The van der Waals surface area contributed by atoms with Crippen molar-refractivity contribution in [3.05, 3.63) is 10.5 Å². The van der Waals surface area contributed by atoms with Crippen LogP contribution < -0.4 is 16.2 Å². The molecule has 36 heavy (non-hydrogen) atoms. The molecule has 0 bridgehead atoms. The van der Waals surface area contributed by atoms with Gasteiger partial charge in [-0.05, 0) is 6.42 Å². The van der Waals surface area contributed by atoms with Gasteiger partial charge in [-0.15, -0.1) is 0 Å². The minimum Gasteiger partial charge on any atom is -0.479 e. The first-order valence-electron chi connectivity index (χ1n) is 10.8. The Hall–Kier alpha value is -3.43. The highest BCUT2D eigenvalue weighted by Gasteiger charge is 2.53. The normalized spacial score (nSPS) is 23.0. The summed E-state index contributed by atoms with van der Waals surface area (Å²) in [6, 6.07) is 0. The molecule has 1 aliphatic rings. The monoisotopic (exact) mass is 523 g/mol. The molecule has 2 aromatic rings. The first kappa shape index (κ1) is 27.2. The minimum atomic E-state index is -4.62. The third-order valence-corrected chi connectivity index (χ3v) is 5.45. The Bertz CT molecular complexity index is 1200. The molecule has 0 spiro atoms. The maximum Gasteiger partial charge on any atom is 0.390 e. The standard InChI is InChI=1S/C20H25F4N5O7/c1-5-10(34-8(2)30)13-11(21)14(35-9(3)31)17(36-13)29-15-12(16(33-4)27-18(25)26-15)28(19(29)32)7-6-20(22,23)24/h10-11,13-14,17H,5-7H2,1-4H3,(H2,25,26,27)/t10-,11-,13+,14+,17+/m0/s1. The number of aryl methyl sites for hydroxylation is 1. The van der Waals surface area contributed by atoms with Gasteiger partial charge in [-0.3, -0.25) is 14.2 Å². The van der Waals surface area contributed by atoms with Crippen LogP contribution >= 0.6 is 0 Å². The molecule has 1 saturated heterocycles. The highest BCUT2D eigenvalue weighted by molar-refractivity contribution is 5.78. The zero-order valence-corrected chi connectivity index (χ0v) is 19.7. The second-order valence-corrected chi connectivity index (χ2v) is 8.00. The van der Waals surface area contributed by atoms with Gasteiger partial charge in [0.05, 0.1) is 13.5 Å². The van der Waals surface area contributed by atoms with Crippen LogP contribution in [0.25, 0.3) is 11.2 Å². The molecule has 2 N–H and O–H groups in total. The van der Waals surface area contributed by atoms with Crippen molar-refractivity contribution in [1.82, 2.24) is 19.1 Å². The van der Waals surface area contributed by atoms with E-state index < -0.39 is 73.4 Å². The van der Waals surface area contributed by atoms with Crippen molar-refractivity contribution in [3.63, 3.8) is 0 Å². The minimum absolute atomic E-state index is 0.107. The fourth-order valence-corrected chi connectivity index (χ4v) is 4.05. The Kier molecular flexibility index (Phi) is 7.76.